The summed E-state index contributed by atoms with van der Waals surface area (Å²) in [6.07, 6.45) is 0.116. The van der Waals surface area contributed by atoms with Crippen molar-refractivity contribution < 1.29 is 37.1 Å². The van der Waals surface area contributed by atoms with Gasteiger partial charge in [0.2, 0.25) is 5.91 Å². The van der Waals surface area contributed by atoms with E-state index in [9.17, 15) is 18.9 Å². The van der Waals surface area contributed by atoms with Gasteiger partial charge in [-0.05, 0) is 68.7 Å². The Balaban J connectivity index is 1.41. The zero-order valence-electron chi connectivity index (χ0n) is 24.9. The molecule has 3 aromatic rings. The highest BCUT2D eigenvalue weighted by molar-refractivity contribution is 7.62. The molecule has 3 aromatic carbocycles. The number of carbonyl (C=O) groups is 3. The molecule has 1 fully saturated rings. The van der Waals surface area contributed by atoms with Gasteiger partial charge in [0.1, 0.15) is 6.04 Å². The van der Waals surface area contributed by atoms with Gasteiger partial charge in [0.05, 0.1) is 41.3 Å². The fourth-order valence-electron chi connectivity index (χ4n) is 5.80. The summed E-state index contributed by atoms with van der Waals surface area (Å²) in [5.74, 6) is -1.67. The number of fused-ring (bicyclic) bond motifs is 2. The Morgan fingerprint density at radius 3 is 2.44 bits per heavy atom. The number of carbonyl (C=O) groups excluding carboxylic acids is 3. The lowest BCUT2D eigenvalue weighted by Crippen LogP contribution is -2.57. The van der Waals surface area contributed by atoms with Crippen molar-refractivity contribution in [2.24, 2.45) is 0 Å². The van der Waals surface area contributed by atoms with Gasteiger partial charge >= 0.3 is 13.7 Å². The number of likely N-dealkylation sites (tertiary alicyclic amines) is 1. The van der Waals surface area contributed by atoms with Crippen LogP contribution in [0, 0.1) is 5.82 Å². The molecular formula is C32H34ClFN3O7P. The summed E-state index contributed by atoms with van der Waals surface area (Å²) in [6, 6.07) is 17.1. The normalized spacial score (nSPS) is 18.5. The molecule has 5 rings (SSSR count). The van der Waals surface area contributed by atoms with Gasteiger partial charge in [-0.3, -0.25) is 19.5 Å². The molecule has 2 heterocycles. The second-order valence-corrected chi connectivity index (χ2v) is 13.2. The highest BCUT2D eigenvalue weighted by atomic mass is 35.5. The summed E-state index contributed by atoms with van der Waals surface area (Å²) in [7, 11) is -3.55. The van der Waals surface area contributed by atoms with Crippen LogP contribution in [0.4, 0.5) is 14.9 Å². The van der Waals surface area contributed by atoms with Crippen LogP contribution in [-0.4, -0.2) is 55.2 Å². The third-order valence-electron chi connectivity index (χ3n) is 7.77. The summed E-state index contributed by atoms with van der Waals surface area (Å²) < 4.78 is 45.0. The predicted molar refractivity (Wildman–Crippen MR) is 167 cm³/mol. The SMILES string of the molecule is CCOP(=O)(OCC)c1ccc(C(=O)NC(Cc2ccccc2)C(=O)N2CCC[C@@]3(C2)OC(=O)Nc2ccc(Cl)c(F)c23)cc1. The van der Waals surface area contributed by atoms with Crippen LogP contribution in [0.3, 0.4) is 0 Å². The summed E-state index contributed by atoms with van der Waals surface area (Å²) in [6.45, 7) is 3.97. The van der Waals surface area contributed by atoms with E-state index in [0.29, 0.717) is 18.3 Å². The molecule has 1 unspecified atom stereocenters. The van der Waals surface area contributed by atoms with Crippen molar-refractivity contribution in [3.8, 4) is 0 Å². The summed E-state index contributed by atoms with van der Waals surface area (Å²) in [5.41, 5.74) is -0.0843. The van der Waals surface area contributed by atoms with Gasteiger partial charge in [0, 0.05) is 18.5 Å². The molecule has 13 heteroatoms. The molecule has 0 aromatic heterocycles. The van der Waals surface area contributed by atoms with Gasteiger partial charge in [-0.25, -0.2) is 9.18 Å². The molecule has 2 N–H and O–H groups in total. The molecule has 0 aliphatic carbocycles. The maximum Gasteiger partial charge on any atom is 0.412 e. The fraction of sp³-hybridized carbons (Fsp3) is 0.344. The molecule has 238 valence electrons. The minimum atomic E-state index is -3.55. The standard InChI is InChI=1S/C32H34ClFN3O7P/c1-3-42-45(41,43-4-2)23-13-11-22(12-14-23)29(38)35-26(19-21-9-6-5-7-10-21)30(39)37-18-8-17-32(20-37)27-25(36-31(40)44-32)16-15-24(33)28(27)34/h5-7,9-16,26H,3-4,8,17-20H2,1-2H3,(H,35,38)(H,36,40)/t26?,32-/m0/s1. The van der Waals surface area contributed by atoms with Crippen LogP contribution in [0.15, 0.2) is 66.7 Å². The van der Waals surface area contributed by atoms with E-state index in [0.717, 1.165) is 5.56 Å². The van der Waals surface area contributed by atoms with E-state index in [1.165, 1.54) is 41.3 Å². The predicted octanol–water partition coefficient (Wildman–Crippen LogP) is 5.79. The van der Waals surface area contributed by atoms with Crippen molar-refractivity contribution in [1.82, 2.24) is 10.2 Å². The first kappa shape index (κ1) is 32.6. The van der Waals surface area contributed by atoms with Crippen LogP contribution < -0.4 is 15.9 Å². The van der Waals surface area contributed by atoms with Crippen molar-refractivity contribution in [2.75, 3.05) is 31.6 Å². The van der Waals surface area contributed by atoms with E-state index < -0.39 is 43.0 Å². The number of hydrogen-bond donors (Lipinski definition) is 2. The lowest BCUT2D eigenvalue weighted by Gasteiger charge is -2.45. The maximum atomic E-state index is 15.4. The van der Waals surface area contributed by atoms with E-state index in [2.05, 4.69) is 10.6 Å². The quantitative estimate of drug-likeness (QED) is 0.265. The maximum absolute atomic E-state index is 15.4. The Bertz CT molecular complexity index is 1610. The number of nitrogens with one attached hydrogen (secondary N) is 2. The largest absolute Gasteiger partial charge is 0.436 e. The molecule has 0 bridgehead atoms. The smallest absolute Gasteiger partial charge is 0.412 e. The Kier molecular flexibility index (Phi) is 9.94. The zero-order chi connectivity index (χ0) is 32.2. The third kappa shape index (κ3) is 6.92. The van der Waals surface area contributed by atoms with Gasteiger partial charge in [0.15, 0.2) is 11.4 Å². The second-order valence-electron chi connectivity index (χ2n) is 10.8. The van der Waals surface area contributed by atoms with E-state index in [4.69, 9.17) is 25.4 Å². The molecule has 0 saturated carbocycles. The van der Waals surface area contributed by atoms with E-state index in [1.807, 2.05) is 30.3 Å². The summed E-state index contributed by atoms with van der Waals surface area (Å²) >= 11 is 6.10. The van der Waals surface area contributed by atoms with Crippen molar-refractivity contribution in [1.29, 1.82) is 0 Å². The van der Waals surface area contributed by atoms with Gasteiger partial charge in [-0.2, -0.15) is 0 Å². The minimum absolute atomic E-state index is 0.0900. The molecule has 10 nitrogen and oxygen atoms in total. The van der Waals surface area contributed by atoms with Crippen molar-refractivity contribution >= 4 is 48.1 Å². The van der Waals surface area contributed by atoms with Crippen LogP contribution in [0.1, 0.15) is 48.2 Å². The molecular weight excluding hydrogens is 624 g/mol. The molecule has 45 heavy (non-hydrogen) atoms. The minimum Gasteiger partial charge on any atom is -0.436 e. The number of rotatable bonds is 10. The number of piperidine rings is 1. The van der Waals surface area contributed by atoms with Crippen LogP contribution in [0.25, 0.3) is 0 Å². The zero-order valence-corrected chi connectivity index (χ0v) is 26.5. The van der Waals surface area contributed by atoms with E-state index >= 15 is 4.39 Å². The first-order valence-electron chi connectivity index (χ1n) is 14.7. The monoisotopic (exact) mass is 657 g/mol. The topological polar surface area (TPSA) is 123 Å². The van der Waals surface area contributed by atoms with E-state index in [-0.39, 0.29) is 54.4 Å². The first-order valence-corrected chi connectivity index (χ1v) is 16.6. The number of amides is 3. The lowest BCUT2D eigenvalue weighted by atomic mass is 9.82. The average Bonchev–Trinajstić information content (AvgIpc) is 3.03. The van der Waals surface area contributed by atoms with Crippen molar-refractivity contribution in [2.45, 2.75) is 44.8 Å². The van der Waals surface area contributed by atoms with Crippen LogP contribution in [0.2, 0.25) is 5.02 Å². The molecule has 2 atom stereocenters. The van der Waals surface area contributed by atoms with Crippen LogP contribution in [0.5, 0.6) is 0 Å². The van der Waals surface area contributed by atoms with Gasteiger partial charge in [-0.15, -0.1) is 0 Å². The average molecular weight is 658 g/mol. The number of hydrogen-bond acceptors (Lipinski definition) is 7. The molecule has 3 amide bonds. The Labute approximate surface area is 265 Å². The van der Waals surface area contributed by atoms with Gasteiger partial charge in [-0.1, -0.05) is 41.9 Å². The first-order chi connectivity index (χ1) is 21.6. The molecule has 0 radical (unpaired) electrons. The highest BCUT2D eigenvalue weighted by Crippen LogP contribution is 2.47. The van der Waals surface area contributed by atoms with Crippen LogP contribution >= 0.6 is 19.2 Å². The van der Waals surface area contributed by atoms with E-state index in [1.54, 1.807) is 13.8 Å². The van der Waals surface area contributed by atoms with Gasteiger partial charge in [0.25, 0.3) is 5.91 Å². The molecule has 1 saturated heterocycles. The Morgan fingerprint density at radius 2 is 1.78 bits per heavy atom. The van der Waals surface area contributed by atoms with Crippen LogP contribution in [-0.2, 0) is 35.2 Å². The Hall–Kier alpha value is -3.76. The second kappa shape index (κ2) is 13.7. The molecule has 1 spiro atoms. The number of ether oxygens (including phenoxy) is 1. The number of nitrogens with zero attached hydrogens (tertiary/aromatic N) is 1. The van der Waals surface area contributed by atoms with Crippen molar-refractivity contribution in [3.05, 3.63) is 94.3 Å². The summed E-state index contributed by atoms with van der Waals surface area (Å²) in [4.78, 5) is 41.6. The molecule has 2 aliphatic rings. The fourth-order valence-corrected chi connectivity index (χ4v) is 7.52. The number of benzene rings is 3. The Morgan fingerprint density at radius 1 is 1.09 bits per heavy atom. The molecule has 2 aliphatic heterocycles. The highest BCUT2D eigenvalue weighted by Gasteiger charge is 2.49. The summed E-state index contributed by atoms with van der Waals surface area (Å²) in [5, 5.41) is 5.55. The van der Waals surface area contributed by atoms with Gasteiger partial charge < -0.3 is 24.0 Å². The van der Waals surface area contributed by atoms with Crippen molar-refractivity contribution in [3.63, 3.8) is 0 Å². The number of anilines is 1. The number of halogens is 2. The lowest BCUT2D eigenvalue weighted by molar-refractivity contribution is -0.141. The third-order valence-corrected chi connectivity index (χ3v) is 10.2.